The van der Waals surface area contributed by atoms with Crippen molar-refractivity contribution in [1.29, 1.82) is 0 Å². The van der Waals surface area contributed by atoms with Crippen LogP contribution in [0.1, 0.15) is 56.7 Å². The number of carboxylic acids is 1. The van der Waals surface area contributed by atoms with Crippen molar-refractivity contribution >= 4 is 34.6 Å². The lowest BCUT2D eigenvalue weighted by Gasteiger charge is -2.27. The predicted octanol–water partition coefficient (Wildman–Crippen LogP) is 1.87. The number of hydrogen-bond acceptors (Lipinski definition) is 6. The molecule has 0 unspecified atom stereocenters. The number of aromatic nitrogens is 1. The number of carboxylic acid groups (broad SMARTS) is 1. The van der Waals surface area contributed by atoms with Crippen molar-refractivity contribution in [1.82, 2.24) is 20.7 Å². The quantitative estimate of drug-likeness (QED) is 0.173. The maximum absolute atomic E-state index is 12.7. The van der Waals surface area contributed by atoms with Crippen molar-refractivity contribution in [3.63, 3.8) is 0 Å². The van der Waals surface area contributed by atoms with Crippen molar-refractivity contribution in [3.8, 4) is 5.75 Å². The zero-order valence-corrected chi connectivity index (χ0v) is 19.8. The first-order valence-electron chi connectivity index (χ1n) is 11.8. The Labute approximate surface area is 202 Å². The third kappa shape index (κ3) is 7.19. The summed E-state index contributed by atoms with van der Waals surface area (Å²) in [5, 5.41) is 20.7. The summed E-state index contributed by atoms with van der Waals surface area (Å²) in [7, 11) is 0. The van der Waals surface area contributed by atoms with Crippen LogP contribution in [0.5, 0.6) is 5.75 Å². The molecule has 0 saturated heterocycles. The number of carbonyl (C=O) groups excluding carboxylic acids is 3. The number of hydroxylamine groups is 1. The largest absolute Gasteiger partial charge is 0.484 e. The minimum absolute atomic E-state index is 0.105. The Morgan fingerprint density at radius 2 is 1.86 bits per heavy atom. The lowest BCUT2D eigenvalue weighted by molar-refractivity contribution is -0.141. The molecule has 1 aromatic heterocycles. The van der Waals surface area contributed by atoms with E-state index in [4.69, 9.17) is 15.1 Å². The summed E-state index contributed by atoms with van der Waals surface area (Å²) in [5.41, 5.74) is 4.65. The van der Waals surface area contributed by atoms with E-state index in [0.717, 1.165) is 41.4 Å². The average molecular weight is 489 g/mol. The maximum Gasteiger partial charge on any atom is 0.325 e. The first kappa shape index (κ1) is 26.0. The molecular weight excluding hydrogens is 456 g/mol. The molecule has 2 aromatic rings. The van der Waals surface area contributed by atoms with E-state index in [-0.39, 0.29) is 18.9 Å². The van der Waals surface area contributed by atoms with Gasteiger partial charge in [0.1, 0.15) is 11.8 Å². The van der Waals surface area contributed by atoms with Gasteiger partial charge in [-0.15, -0.1) is 0 Å². The summed E-state index contributed by atoms with van der Waals surface area (Å²) >= 11 is 0. The molecule has 1 aliphatic heterocycles. The molecule has 11 heteroatoms. The van der Waals surface area contributed by atoms with Gasteiger partial charge in [-0.2, -0.15) is 0 Å². The molecule has 3 amide bonds. The van der Waals surface area contributed by atoms with Gasteiger partial charge in [-0.1, -0.05) is 12.8 Å². The highest BCUT2D eigenvalue weighted by Crippen LogP contribution is 2.30. The molecule has 1 aromatic carbocycles. The molecular formula is C24H32N4O7. The number of hydrogen-bond donors (Lipinski definition) is 5. The molecule has 0 radical (unpaired) electrons. The van der Waals surface area contributed by atoms with Gasteiger partial charge in [-0.05, 0) is 49.9 Å². The summed E-state index contributed by atoms with van der Waals surface area (Å²) in [6, 6.07) is 4.47. The first-order valence-corrected chi connectivity index (χ1v) is 11.8. The average Bonchev–Trinajstić information content (AvgIpc) is 3.21. The summed E-state index contributed by atoms with van der Waals surface area (Å²) in [5.74, 6) is -1.41. The lowest BCUT2D eigenvalue weighted by Crippen LogP contribution is -2.40. The second kappa shape index (κ2) is 12.2. The summed E-state index contributed by atoms with van der Waals surface area (Å²) in [6.45, 7) is 2.22. The lowest BCUT2D eigenvalue weighted by atomic mass is 10.0. The van der Waals surface area contributed by atoms with Crippen LogP contribution in [0, 0.1) is 0 Å². The van der Waals surface area contributed by atoms with Gasteiger partial charge in [-0.3, -0.25) is 24.4 Å². The number of unbranched alkanes of at least 4 members (excludes halogenated alkanes) is 3. The second-order valence-electron chi connectivity index (χ2n) is 8.72. The van der Waals surface area contributed by atoms with Crippen LogP contribution in [0.3, 0.4) is 0 Å². The van der Waals surface area contributed by atoms with Crippen LogP contribution in [0.4, 0.5) is 0 Å². The van der Waals surface area contributed by atoms with Crippen molar-refractivity contribution in [2.45, 2.75) is 64.5 Å². The Hall–Kier alpha value is -3.60. The molecule has 190 valence electrons. The predicted molar refractivity (Wildman–Crippen MR) is 126 cm³/mol. The number of aliphatic carboxylic acids is 1. The monoisotopic (exact) mass is 488 g/mol. The highest BCUT2D eigenvalue weighted by molar-refractivity contribution is 5.87. The number of ether oxygens (including phenoxy) is 1. The SMILES string of the molecule is C[C@H](NC(=O)COc1ccc2[nH]c3c(c2c1)CCN(C(=O)CCCCCCC(=O)NO)C3)C(=O)O. The number of amides is 3. The van der Waals surface area contributed by atoms with Crippen LogP contribution in [-0.4, -0.2) is 63.1 Å². The first-order chi connectivity index (χ1) is 16.8. The molecule has 1 atom stereocenters. The fraction of sp³-hybridized carbons (Fsp3) is 0.500. The summed E-state index contributed by atoms with van der Waals surface area (Å²) in [6.07, 6.45) is 4.57. The number of fused-ring (bicyclic) bond motifs is 3. The van der Waals surface area contributed by atoms with Gasteiger partial charge in [0.2, 0.25) is 11.8 Å². The van der Waals surface area contributed by atoms with Crippen LogP contribution >= 0.6 is 0 Å². The van der Waals surface area contributed by atoms with Gasteiger partial charge in [0.25, 0.3) is 5.91 Å². The topological polar surface area (TPSA) is 161 Å². The van der Waals surface area contributed by atoms with Gasteiger partial charge in [0.05, 0.1) is 6.54 Å². The Kier molecular flexibility index (Phi) is 9.07. The Morgan fingerprint density at radius 3 is 2.57 bits per heavy atom. The van der Waals surface area contributed by atoms with Crippen molar-refractivity contribution in [3.05, 3.63) is 29.5 Å². The smallest absolute Gasteiger partial charge is 0.325 e. The molecule has 0 aliphatic carbocycles. The summed E-state index contributed by atoms with van der Waals surface area (Å²) in [4.78, 5) is 51.6. The molecule has 0 saturated carbocycles. The highest BCUT2D eigenvalue weighted by atomic mass is 16.5. The third-order valence-corrected chi connectivity index (χ3v) is 6.09. The van der Waals surface area contributed by atoms with Gasteiger partial charge in [0.15, 0.2) is 6.61 Å². The van der Waals surface area contributed by atoms with Gasteiger partial charge >= 0.3 is 5.97 Å². The van der Waals surface area contributed by atoms with E-state index in [9.17, 15) is 19.2 Å². The van der Waals surface area contributed by atoms with Crippen LogP contribution in [0.25, 0.3) is 10.9 Å². The van der Waals surface area contributed by atoms with Gasteiger partial charge < -0.3 is 25.0 Å². The molecule has 0 fully saturated rings. The van der Waals surface area contributed by atoms with E-state index in [1.54, 1.807) is 11.5 Å². The number of aromatic amines is 1. The van der Waals surface area contributed by atoms with Gasteiger partial charge in [-0.25, -0.2) is 5.48 Å². The van der Waals surface area contributed by atoms with Crippen molar-refractivity contribution in [2.24, 2.45) is 0 Å². The van der Waals surface area contributed by atoms with Crippen LogP contribution in [0.15, 0.2) is 18.2 Å². The molecule has 3 rings (SSSR count). The Morgan fingerprint density at radius 1 is 1.11 bits per heavy atom. The van der Waals surface area contributed by atoms with Crippen LogP contribution in [0.2, 0.25) is 0 Å². The molecule has 11 nitrogen and oxygen atoms in total. The minimum Gasteiger partial charge on any atom is -0.484 e. The highest BCUT2D eigenvalue weighted by Gasteiger charge is 2.24. The number of benzene rings is 1. The number of H-pyrrole nitrogens is 1. The van der Waals surface area contributed by atoms with Crippen molar-refractivity contribution in [2.75, 3.05) is 13.2 Å². The van der Waals surface area contributed by atoms with Crippen LogP contribution < -0.4 is 15.5 Å². The number of carbonyl (C=O) groups is 4. The van der Waals surface area contributed by atoms with E-state index in [0.29, 0.717) is 38.1 Å². The van der Waals surface area contributed by atoms with Gasteiger partial charge in [0, 0.05) is 36.0 Å². The van der Waals surface area contributed by atoms with E-state index >= 15 is 0 Å². The Bertz CT molecular complexity index is 1080. The Balaban J connectivity index is 1.50. The maximum atomic E-state index is 12.7. The zero-order chi connectivity index (χ0) is 25.4. The van der Waals surface area contributed by atoms with Crippen LogP contribution in [-0.2, 0) is 32.1 Å². The van der Waals surface area contributed by atoms with E-state index in [2.05, 4.69) is 10.3 Å². The standard InChI is InChI=1S/C24H32N4O7/c1-15(24(32)33)25-22(30)14-35-16-8-9-19-18(12-16)17-10-11-28(13-20(17)26-19)23(31)7-5-3-2-4-6-21(29)27-34/h8-9,12,15,26,34H,2-7,10-11,13-14H2,1H3,(H,25,30)(H,27,29)(H,32,33)/t15-/m0/s1. The molecule has 5 N–H and O–H groups in total. The zero-order valence-electron chi connectivity index (χ0n) is 19.8. The van der Waals surface area contributed by atoms with E-state index < -0.39 is 23.8 Å². The summed E-state index contributed by atoms with van der Waals surface area (Å²) < 4.78 is 5.55. The number of nitrogens with one attached hydrogen (secondary N) is 3. The fourth-order valence-electron chi connectivity index (χ4n) is 4.15. The molecule has 0 spiro atoms. The fourth-order valence-corrected chi connectivity index (χ4v) is 4.15. The van der Waals surface area contributed by atoms with Crippen molar-refractivity contribution < 1.29 is 34.2 Å². The third-order valence-electron chi connectivity index (χ3n) is 6.09. The number of nitrogens with zero attached hydrogens (tertiary/aromatic N) is 1. The van der Waals surface area contributed by atoms with E-state index in [1.807, 2.05) is 17.0 Å². The van der Waals surface area contributed by atoms with E-state index in [1.165, 1.54) is 6.92 Å². The number of rotatable bonds is 12. The molecule has 1 aliphatic rings. The minimum atomic E-state index is -1.11. The molecule has 35 heavy (non-hydrogen) atoms. The molecule has 2 heterocycles. The normalized spacial score (nSPS) is 13.7. The molecule has 0 bridgehead atoms. The second-order valence-corrected chi connectivity index (χ2v) is 8.72.